The minimum atomic E-state index is -1.06. The fourth-order valence-corrected chi connectivity index (χ4v) is 2.46. The van der Waals surface area contributed by atoms with Gasteiger partial charge in [0.1, 0.15) is 6.04 Å². The number of unbranched alkanes of at least 4 members (excludes halogenated alkanes) is 8. The van der Waals surface area contributed by atoms with Gasteiger partial charge in [0.25, 0.3) is 0 Å². The molecule has 0 radical (unpaired) electrons. The number of hydrogen-bond acceptors (Lipinski definition) is 5. The number of nitrogens with zero attached hydrogens (tertiary/aromatic N) is 1. The molecule has 134 valence electrons. The van der Waals surface area contributed by atoms with Crippen molar-refractivity contribution in [1.29, 1.82) is 0 Å². The molecule has 0 aliphatic rings. The van der Waals surface area contributed by atoms with Crippen LogP contribution < -0.4 is 5.32 Å². The fraction of sp³-hybridized carbons (Fsp3) is 0.867. The maximum absolute atomic E-state index is 11.5. The molecule has 0 aromatic rings. The van der Waals surface area contributed by atoms with E-state index in [1.807, 2.05) is 0 Å². The molecular formula is C15H28N2O5S. The number of carbonyl (C=O) groups excluding carboxylic acids is 1. The number of nitrogens with one attached hydrogen (secondary N) is 1. The Bertz CT molecular complexity index is 366. The van der Waals surface area contributed by atoms with E-state index in [9.17, 15) is 19.7 Å². The van der Waals surface area contributed by atoms with E-state index in [0.29, 0.717) is 12.8 Å². The number of carbonyl (C=O) groups is 2. The predicted molar refractivity (Wildman–Crippen MR) is 91.5 cm³/mol. The highest BCUT2D eigenvalue weighted by Gasteiger charge is 2.17. The molecular weight excluding hydrogens is 320 g/mol. The van der Waals surface area contributed by atoms with Crippen molar-refractivity contribution in [2.45, 2.75) is 70.3 Å². The normalized spacial score (nSPS) is 11.9. The van der Waals surface area contributed by atoms with Crippen LogP contribution in [0, 0.1) is 10.1 Å². The topological polar surface area (TPSA) is 110 Å². The molecule has 0 aromatic heterocycles. The Morgan fingerprint density at radius 1 is 1.00 bits per heavy atom. The summed E-state index contributed by atoms with van der Waals surface area (Å²) in [6.07, 6.45) is 9.03. The van der Waals surface area contributed by atoms with Crippen molar-refractivity contribution in [3.05, 3.63) is 10.1 Å². The van der Waals surface area contributed by atoms with Gasteiger partial charge in [-0.2, -0.15) is 12.6 Å². The average Bonchev–Trinajstić information content (AvgIpc) is 2.49. The van der Waals surface area contributed by atoms with Crippen LogP contribution in [0.5, 0.6) is 0 Å². The van der Waals surface area contributed by atoms with E-state index in [0.717, 1.165) is 51.4 Å². The Morgan fingerprint density at radius 3 is 1.91 bits per heavy atom. The largest absolute Gasteiger partial charge is 0.480 e. The van der Waals surface area contributed by atoms with Crippen molar-refractivity contribution in [3.8, 4) is 0 Å². The molecule has 2 N–H and O–H groups in total. The molecule has 0 aliphatic carbocycles. The lowest BCUT2D eigenvalue weighted by Crippen LogP contribution is -2.42. The second-order valence-electron chi connectivity index (χ2n) is 5.63. The molecule has 0 saturated carbocycles. The number of aliphatic carboxylic acids is 1. The highest BCUT2D eigenvalue weighted by atomic mass is 32.1. The third-order valence-electron chi connectivity index (χ3n) is 3.56. The molecule has 0 unspecified atom stereocenters. The van der Waals surface area contributed by atoms with Gasteiger partial charge in [-0.05, 0) is 12.8 Å². The summed E-state index contributed by atoms with van der Waals surface area (Å²) in [5.74, 6) is -1.22. The second-order valence-corrected chi connectivity index (χ2v) is 5.99. The Kier molecular flexibility index (Phi) is 13.5. The third kappa shape index (κ3) is 14.0. The molecule has 0 aliphatic heterocycles. The zero-order valence-electron chi connectivity index (χ0n) is 13.5. The molecule has 0 bridgehead atoms. The van der Waals surface area contributed by atoms with E-state index in [2.05, 4.69) is 17.9 Å². The number of thiol groups is 1. The number of carboxylic acid groups (broad SMARTS) is 1. The monoisotopic (exact) mass is 348 g/mol. The van der Waals surface area contributed by atoms with Crippen LogP contribution in [0.25, 0.3) is 0 Å². The second kappa shape index (κ2) is 14.3. The summed E-state index contributed by atoms with van der Waals surface area (Å²) < 4.78 is 0. The summed E-state index contributed by atoms with van der Waals surface area (Å²) in [4.78, 5) is 32.2. The first-order chi connectivity index (χ1) is 11.0. The van der Waals surface area contributed by atoms with Crippen LogP contribution in [0.3, 0.4) is 0 Å². The van der Waals surface area contributed by atoms with Gasteiger partial charge in [-0.3, -0.25) is 14.9 Å². The standard InChI is InChI=1S/C15H28N2O5S/c18-14(16-13(12-23)15(19)20)10-8-6-4-2-1-3-5-7-9-11-17(21)22/h13,23H,1-12H2,(H,16,18)(H,19,20)/t13-/m0/s1. The van der Waals surface area contributed by atoms with Crippen molar-refractivity contribution in [2.24, 2.45) is 0 Å². The summed E-state index contributed by atoms with van der Waals surface area (Å²) in [5.41, 5.74) is 0. The Hall–Kier alpha value is -1.31. The van der Waals surface area contributed by atoms with Crippen LogP contribution >= 0.6 is 12.6 Å². The minimum absolute atomic E-state index is 0.0675. The van der Waals surface area contributed by atoms with Gasteiger partial charge in [-0.15, -0.1) is 0 Å². The molecule has 8 heteroatoms. The highest BCUT2D eigenvalue weighted by Crippen LogP contribution is 2.10. The van der Waals surface area contributed by atoms with Gasteiger partial charge in [0, 0.05) is 23.5 Å². The zero-order valence-corrected chi connectivity index (χ0v) is 14.4. The number of hydrogen-bond donors (Lipinski definition) is 3. The molecule has 0 fully saturated rings. The van der Waals surface area contributed by atoms with E-state index < -0.39 is 12.0 Å². The van der Waals surface area contributed by atoms with E-state index >= 15 is 0 Å². The van der Waals surface area contributed by atoms with Crippen LogP contribution in [-0.2, 0) is 9.59 Å². The van der Waals surface area contributed by atoms with E-state index in [-0.39, 0.29) is 23.1 Å². The number of amides is 1. The van der Waals surface area contributed by atoms with Crippen LogP contribution in [0.1, 0.15) is 64.2 Å². The lowest BCUT2D eigenvalue weighted by molar-refractivity contribution is -0.480. The quantitative estimate of drug-likeness (QED) is 0.182. The molecule has 1 amide bonds. The molecule has 7 nitrogen and oxygen atoms in total. The Morgan fingerprint density at radius 2 is 1.48 bits per heavy atom. The maximum Gasteiger partial charge on any atom is 0.327 e. The van der Waals surface area contributed by atoms with Gasteiger partial charge < -0.3 is 10.4 Å². The first-order valence-corrected chi connectivity index (χ1v) is 8.85. The van der Waals surface area contributed by atoms with E-state index in [4.69, 9.17) is 5.11 Å². The van der Waals surface area contributed by atoms with Crippen LogP contribution in [0.15, 0.2) is 0 Å². The Balaban J connectivity index is 3.37. The first-order valence-electron chi connectivity index (χ1n) is 8.22. The SMILES string of the molecule is O=C(CCCCCCCCCCC[N+](=O)[O-])N[C@@H](CS)C(=O)O. The first kappa shape index (κ1) is 21.7. The van der Waals surface area contributed by atoms with Gasteiger partial charge in [0.2, 0.25) is 12.5 Å². The van der Waals surface area contributed by atoms with Gasteiger partial charge >= 0.3 is 5.97 Å². The summed E-state index contributed by atoms with van der Waals surface area (Å²) in [7, 11) is 0. The molecule has 0 heterocycles. The van der Waals surface area contributed by atoms with Crippen molar-refractivity contribution in [2.75, 3.05) is 12.3 Å². The fourth-order valence-electron chi connectivity index (χ4n) is 2.22. The van der Waals surface area contributed by atoms with Crippen LogP contribution in [0.2, 0.25) is 0 Å². The predicted octanol–water partition coefficient (Wildman–Crippen LogP) is 2.66. The minimum Gasteiger partial charge on any atom is -0.480 e. The summed E-state index contributed by atoms with van der Waals surface area (Å²) >= 11 is 3.89. The van der Waals surface area contributed by atoms with Crippen molar-refractivity contribution >= 4 is 24.5 Å². The van der Waals surface area contributed by atoms with Gasteiger partial charge in [-0.25, -0.2) is 4.79 Å². The van der Waals surface area contributed by atoms with Gasteiger partial charge in [0.15, 0.2) is 0 Å². The van der Waals surface area contributed by atoms with Crippen LogP contribution in [0.4, 0.5) is 0 Å². The molecule has 0 aromatic carbocycles. The lowest BCUT2D eigenvalue weighted by Gasteiger charge is -2.11. The summed E-state index contributed by atoms with van der Waals surface area (Å²) in [6, 6.07) is -0.916. The zero-order chi connectivity index (χ0) is 17.5. The molecule has 0 saturated heterocycles. The number of nitro groups is 1. The molecule has 0 rings (SSSR count). The summed E-state index contributed by atoms with van der Waals surface area (Å²) in [5, 5.41) is 21.4. The summed E-state index contributed by atoms with van der Waals surface area (Å²) in [6.45, 7) is 0.0675. The Labute approximate surface area is 142 Å². The van der Waals surface area contributed by atoms with Gasteiger partial charge in [0.05, 0.1) is 0 Å². The number of carboxylic acids is 1. The average molecular weight is 348 g/mol. The highest BCUT2D eigenvalue weighted by molar-refractivity contribution is 7.80. The third-order valence-corrected chi connectivity index (χ3v) is 3.93. The molecule has 23 heavy (non-hydrogen) atoms. The maximum atomic E-state index is 11.5. The van der Waals surface area contributed by atoms with E-state index in [1.54, 1.807) is 0 Å². The lowest BCUT2D eigenvalue weighted by atomic mass is 10.1. The smallest absolute Gasteiger partial charge is 0.327 e. The molecule has 1 atom stereocenters. The van der Waals surface area contributed by atoms with Gasteiger partial charge in [-0.1, -0.05) is 38.5 Å². The van der Waals surface area contributed by atoms with Crippen molar-refractivity contribution in [3.63, 3.8) is 0 Å². The van der Waals surface area contributed by atoms with E-state index in [1.165, 1.54) is 0 Å². The van der Waals surface area contributed by atoms with Crippen molar-refractivity contribution < 1.29 is 19.6 Å². The number of rotatable bonds is 15. The van der Waals surface area contributed by atoms with Crippen LogP contribution in [-0.4, -0.2) is 40.2 Å². The molecule has 0 spiro atoms. The van der Waals surface area contributed by atoms with Crippen molar-refractivity contribution in [1.82, 2.24) is 5.32 Å².